The number of hydrogen-bond acceptors (Lipinski definition) is 3. The maximum Gasteiger partial charge on any atom is 2.00 e. The van der Waals surface area contributed by atoms with Gasteiger partial charge in [-0.25, -0.2) is 0 Å². The van der Waals surface area contributed by atoms with Gasteiger partial charge in [-0.1, -0.05) is 121 Å². The summed E-state index contributed by atoms with van der Waals surface area (Å²) in [7, 11) is -3.45. The molecule has 3 nitrogen and oxygen atoms in total. The zero-order valence-electron chi connectivity index (χ0n) is 20.7. The van der Waals surface area contributed by atoms with Crippen molar-refractivity contribution < 1.29 is 15.5 Å². The van der Waals surface area contributed by atoms with Gasteiger partial charge in [-0.05, 0) is 18.6 Å². The molecule has 0 aliphatic rings. The molecule has 0 aliphatic carbocycles. The fraction of sp³-hybridized carbons (Fsp3) is 0.750. The van der Waals surface area contributed by atoms with Crippen LogP contribution in [0, 0.1) is 0 Å². The average molecular weight is 453 g/mol. The molecule has 0 saturated carbocycles. The van der Waals surface area contributed by atoms with E-state index in [0.717, 1.165) is 12.8 Å². The first-order valence-corrected chi connectivity index (χ1v) is 13.2. The van der Waals surface area contributed by atoms with Crippen molar-refractivity contribution in [2.75, 3.05) is 5.75 Å². The van der Waals surface area contributed by atoms with Crippen molar-refractivity contribution >= 4 is 47.9 Å². The normalized spacial score (nSPS) is 11.2. The van der Waals surface area contributed by atoms with Crippen LogP contribution in [0.2, 0.25) is 0 Å². The number of hydrogen-bond donors (Lipinski definition) is 0. The molecule has 1 rings (SSSR count). The molecule has 0 atom stereocenters. The first kappa shape index (κ1) is 29.2. The van der Waals surface area contributed by atoms with Gasteiger partial charge in [0.25, 0.3) is 0 Å². The third-order valence-electron chi connectivity index (χ3n) is 5.21. The van der Waals surface area contributed by atoms with E-state index in [0.29, 0.717) is 12.2 Å². The van der Waals surface area contributed by atoms with Crippen molar-refractivity contribution in [3.05, 3.63) is 30.3 Å². The fourth-order valence-corrected chi connectivity index (χ4v) is 4.54. The van der Waals surface area contributed by atoms with Crippen molar-refractivity contribution in [3.8, 4) is 5.75 Å². The van der Waals surface area contributed by atoms with Gasteiger partial charge in [0.1, 0.15) is 5.75 Å². The van der Waals surface area contributed by atoms with Crippen LogP contribution in [0.3, 0.4) is 0 Å². The SMILES string of the molecule is CCCCCCCCCCCCCCCCCCS(=O)(=O)Oc1ccccc1.[Ca+2].[H-].[H-]. The monoisotopic (exact) mass is 452 g/mol. The van der Waals surface area contributed by atoms with Crippen molar-refractivity contribution in [1.29, 1.82) is 0 Å². The van der Waals surface area contributed by atoms with Crippen molar-refractivity contribution in [2.45, 2.75) is 110 Å². The summed E-state index contributed by atoms with van der Waals surface area (Å²) in [6.07, 6.45) is 20.6. The van der Waals surface area contributed by atoms with Crippen molar-refractivity contribution in [1.82, 2.24) is 0 Å². The third kappa shape index (κ3) is 18.7. The van der Waals surface area contributed by atoms with E-state index < -0.39 is 10.1 Å². The molecular weight excluding hydrogens is 408 g/mol. The van der Waals surface area contributed by atoms with Crippen LogP contribution in [0.4, 0.5) is 0 Å². The molecule has 5 heteroatoms. The van der Waals surface area contributed by atoms with Crippen LogP contribution in [0.5, 0.6) is 5.75 Å². The Hall–Kier alpha value is 0.230. The number of rotatable bonds is 19. The van der Waals surface area contributed by atoms with E-state index in [2.05, 4.69) is 6.92 Å². The second kappa shape index (κ2) is 20.2. The maximum atomic E-state index is 11.9. The standard InChI is InChI=1S/C24H42O3S.Ca.2H/c1-2-3-4-5-6-7-8-9-10-11-12-13-14-15-16-20-23-28(25,26)27-24-21-18-17-19-22-24;;;/h17-19,21-22H,2-16,20,23H2,1H3;;;/q;+2;2*-1. The van der Waals surface area contributed by atoms with Crippen molar-refractivity contribution in [2.24, 2.45) is 0 Å². The zero-order valence-corrected chi connectivity index (χ0v) is 21.8. The Morgan fingerprint density at radius 1 is 0.655 bits per heavy atom. The predicted octanol–water partition coefficient (Wildman–Crippen LogP) is 7.50. The Balaban J connectivity index is -0.00000261. The number of para-hydroxylation sites is 1. The van der Waals surface area contributed by atoms with E-state index >= 15 is 0 Å². The molecule has 0 aromatic heterocycles. The topological polar surface area (TPSA) is 43.4 Å². The largest absolute Gasteiger partial charge is 2.00 e. The molecule has 0 fully saturated rings. The Bertz CT molecular complexity index is 571. The molecule has 0 spiro atoms. The van der Waals surface area contributed by atoms with Gasteiger partial charge in [0, 0.05) is 0 Å². The van der Waals surface area contributed by atoms with E-state index in [1.165, 1.54) is 83.5 Å². The van der Waals surface area contributed by atoms with Crippen LogP contribution in [0.1, 0.15) is 113 Å². The molecule has 0 bridgehead atoms. The van der Waals surface area contributed by atoms with Gasteiger partial charge in [0.15, 0.2) is 0 Å². The molecule has 0 aliphatic heterocycles. The number of benzene rings is 1. The summed E-state index contributed by atoms with van der Waals surface area (Å²) < 4.78 is 28.9. The molecule has 0 unspecified atom stereocenters. The number of unbranched alkanes of at least 4 members (excludes halogenated alkanes) is 15. The van der Waals surface area contributed by atoms with Crippen LogP contribution >= 0.6 is 0 Å². The minimum Gasteiger partial charge on any atom is -1.00 e. The Morgan fingerprint density at radius 3 is 1.45 bits per heavy atom. The van der Waals surface area contributed by atoms with Gasteiger partial charge < -0.3 is 7.04 Å². The quantitative estimate of drug-likeness (QED) is 0.124. The average Bonchev–Trinajstić information content (AvgIpc) is 2.68. The molecular formula is C24H44CaO3S. The van der Waals surface area contributed by atoms with E-state index in [-0.39, 0.29) is 46.3 Å². The summed E-state index contributed by atoms with van der Waals surface area (Å²) in [5, 5.41) is 0. The van der Waals surface area contributed by atoms with E-state index in [4.69, 9.17) is 4.18 Å². The molecule has 1 aromatic carbocycles. The van der Waals surface area contributed by atoms with Gasteiger partial charge in [-0.2, -0.15) is 8.42 Å². The first-order valence-electron chi connectivity index (χ1n) is 11.6. The molecule has 0 saturated heterocycles. The Kier molecular flexibility index (Phi) is 20.3. The molecule has 0 radical (unpaired) electrons. The smallest absolute Gasteiger partial charge is 1.00 e. The summed E-state index contributed by atoms with van der Waals surface area (Å²) in [5.74, 6) is 0.513. The van der Waals surface area contributed by atoms with Gasteiger partial charge in [-0.3, -0.25) is 0 Å². The van der Waals surface area contributed by atoms with Gasteiger partial charge in [0.05, 0.1) is 5.75 Å². The molecule has 0 N–H and O–H groups in total. The van der Waals surface area contributed by atoms with Crippen LogP contribution in [0.15, 0.2) is 30.3 Å². The van der Waals surface area contributed by atoms with E-state index in [1.54, 1.807) is 24.3 Å². The van der Waals surface area contributed by atoms with Gasteiger partial charge in [0.2, 0.25) is 0 Å². The zero-order chi connectivity index (χ0) is 20.3. The van der Waals surface area contributed by atoms with E-state index in [1.807, 2.05) is 6.07 Å². The molecule has 29 heavy (non-hydrogen) atoms. The minimum atomic E-state index is -3.45. The maximum absolute atomic E-state index is 11.9. The summed E-state index contributed by atoms with van der Waals surface area (Å²) >= 11 is 0. The molecule has 0 amide bonds. The van der Waals surface area contributed by atoms with Crippen LogP contribution in [0.25, 0.3) is 0 Å². The summed E-state index contributed by atoms with van der Waals surface area (Å²) in [6.45, 7) is 2.27. The minimum absolute atomic E-state index is 0. The Labute approximate surface area is 213 Å². The van der Waals surface area contributed by atoms with Crippen LogP contribution in [-0.2, 0) is 10.1 Å². The van der Waals surface area contributed by atoms with E-state index in [9.17, 15) is 8.42 Å². The van der Waals surface area contributed by atoms with Gasteiger partial charge in [-0.15, -0.1) is 0 Å². The second-order valence-corrected chi connectivity index (χ2v) is 9.65. The second-order valence-electron chi connectivity index (χ2n) is 7.96. The summed E-state index contributed by atoms with van der Waals surface area (Å²) in [6, 6.07) is 8.74. The molecule has 1 aromatic rings. The Morgan fingerprint density at radius 2 is 1.03 bits per heavy atom. The summed E-state index contributed by atoms with van der Waals surface area (Å²) in [5.41, 5.74) is 0. The van der Waals surface area contributed by atoms with Crippen molar-refractivity contribution in [3.63, 3.8) is 0 Å². The predicted molar refractivity (Wildman–Crippen MR) is 128 cm³/mol. The molecule has 166 valence electrons. The summed E-state index contributed by atoms with van der Waals surface area (Å²) in [4.78, 5) is 0. The molecule has 0 heterocycles. The van der Waals surface area contributed by atoms with Crippen LogP contribution in [-0.4, -0.2) is 51.9 Å². The first-order chi connectivity index (χ1) is 13.6. The third-order valence-corrected chi connectivity index (χ3v) is 6.45. The fourth-order valence-electron chi connectivity index (χ4n) is 3.49. The van der Waals surface area contributed by atoms with Gasteiger partial charge >= 0.3 is 47.9 Å². The van der Waals surface area contributed by atoms with Crippen LogP contribution < -0.4 is 4.18 Å².